The quantitative estimate of drug-likeness (QED) is 0.208. The van der Waals surface area contributed by atoms with Crippen LogP contribution in [0, 0.1) is 11.8 Å². The van der Waals surface area contributed by atoms with Crippen LogP contribution in [-0.4, -0.2) is 46.5 Å². The summed E-state index contributed by atoms with van der Waals surface area (Å²) in [6.07, 6.45) is 9.61. The van der Waals surface area contributed by atoms with Gasteiger partial charge in [0.05, 0.1) is 0 Å². The van der Waals surface area contributed by atoms with Crippen molar-refractivity contribution in [1.82, 2.24) is 10.2 Å². The lowest BCUT2D eigenvalue weighted by Crippen LogP contribution is -2.52. The van der Waals surface area contributed by atoms with Crippen molar-refractivity contribution in [1.29, 1.82) is 0 Å². The molecule has 1 saturated heterocycles. The van der Waals surface area contributed by atoms with Crippen molar-refractivity contribution in [2.45, 2.75) is 107 Å². The number of nitrogens with one attached hydrogen (secondary N) is 1. The molecular weight excluding hydrogens is 526 g/mol. The van der Waals surface area contributed by atoms with Crippen LogP contribution in [0.2, 0.25) is 0 Å². The number of piperidine rings is 1. The Hall–Kier alpha value is -2.58. The number of alkyl halides is 2. The molecular formula is C29H38F2N2O5S. The Morgan fingerprint density at radius 1 is 1.05 bits per heavy atom. The number of hydrogen-bond acceptors (Lipinski definition) is 6. The number of hydrogen-bond donors (Lipinski definition) is 1. The number of nitrogens with zero attached hydrogens (tertiary/aromatic N) is 1. The molecule has 39 heavy (non-hydrogen) atoms. The van der Waals surface area contributed by atoms with E-state index in [9.17, 15) is 23.2 Å². The third-order valence-electron chi connectivity index (χ3n) is 7.77. The second kappa shape index (κ2) is 14.7. The van der Waals surface area contributed by atoms with Crippen LogP contribution in [-0.2, 0) is 25.7 Å². The number of imide groups is 1. The molecule has 3 atom stereocenters. The van der Waals surface area contributed by atoms with Crippen molar-refractivity contribution in [2.75, 3.05) is 5.75 Å². The smallest absolute Gasteiger partial charge is 0.322 e. The van der Waals surface area contributed by atoms with Crippen LogP contribution in [0.4, 0.5) is 8.78 Å². The fraction of sp³-hybridized carbons (Fsp3) is 0.655. The normalized spacial score (nSPS) is 23.9. The van der Waals surface area contributed by atoms with Gasteiger partial charge < -0.3 is 4.90 Å². The number of fused-ring (bicyclic) bond motifs is 1. The van der Waals surface area contributed by atoms with Crippen molar-refractivity contribution < 1.29 is 32.8 Å². The molecule has 7 nitrogen and oxygen atoms in total. The van der Waals surface area contributed by atoms with Gasteiger partial charge in [0.2, 0.25) is 17.7 Å². The summed E-state index contributed by atoms with van der Waals surface area (Å²) in [6.45, 7) is 2.36. The van der Waals surface area contributed by atoms with E-state index in [-0.39, 0.29) is 55.0 Å². The number of carbonyl (C=O) groups excluding carboxylic acids is 5. The Bertz CT molecular complexity index is 1060. The summed E-state index contributed by atoms with van der Waals surface area (Å²) in [7, 11) is 0. The van der Waals surface area contributed by atoms with Gasteiger partial charge in [-0.1, -0.05) is 51.5 Å². The summed E-state index contributed by atoms with van der Waals surface area (Å²) in [5.41, 5.74) is 1.65. The van der Waals surface area contributed by atoms with Gasteiger partial charge >= 0.3 is 6.15 Å². The van der Waals surface area contributed by atoms with Crippen LogP contribution in [0.5, 0.6) is 0 Å². The van der Waals surface area contributed by atoms with Crippen LogP contribution >= 0.6 is 11.8 Å². The van der Waals surface area contributed by atoms with Crippen LogP contribution in [0.25, 0.3) is 0 Å². The number of benzene rings is 1. The van der Waals surface area contributed by atoms with E-state index in [1.165, 1.54) is 0 Å². The molecule has 0 radical (unpaired) electrons. The molecule has 1 aliphatic carbocycles. The molecule has 2 heterocycles. The number of amides is 3. The SMILES string of the molecule is CC1CC(CCCCCCCCSc2cccc3c2CN(C2CCC(=O)NC2=O)C3=O)CC(F)(F)C1.O=C=O. The van der Waals surface area contributed by atoms with Crippen LogP contribution in [0.1, 0.15) is 99.9 Å². The molecule has 0 bridgehead atoms. The lowest BCUT2D eigenvalue weighted by molar-refractivity contribution is -0.191. The maximum Gasteiger partial charge on any atom is 0.373 e. The summed E-state index contributed by atoms with van der Waals surface area (Å²) in [5.74, 6) is -1.96. The maximum absolute atomic E-state index is 13.8. The molecule has 3 aliphatic rings. The number of rotatable bonds is 11. The molecule has 2 aliphatic heterocycles. The number of unbranched alkanes of at least 4 members (excludes halogenated alkanes) is 5. The van der Waals surface area contributed by atoms with Crippen LogP contribution in [0.3, 0.4) is 0 Å². The zero-order valence-electron chi connectivity index (χ0n) is 22.5. The minimum atomic E-state index is -2.46. The van der Waals surface area contributed by atoms with Crippen LogP contribution in [0.15, 0.2) is 23.1 Å². The minimum absolute atomic E-state index is 0.0572. The number of thioether (sulfide) groups is 1. The Balaban J connectivity index is 0.00000134. The first-order valence-corrected chi connectivity index (χ1v) is 14.9. The molecule has 214 valence electrons. The van der Waals surface area contributed by atoms with Gasteiger partial charge in [0.1, 0.15) is 6.04 Å². The van der Waals surface area contributed by atoms with Crippen molar-refractivity contribution in [3.63, 3.8) is 0 Å². The molecule has 0 aromatic heterocycles. The van der Waals surface area contributed by atoms with Crippen molar-refractivity contribution in [2.24, 2.45) is 11.8 Å². The van der Waals surface area contributed by atoms with Crippen molar-refractivity contribution >= 4 is 35.6 Å². The van der Waals surface area contributed by atoms with E-state index in [0.29, 0.717) is 18.5 Å². The van der Waals surface area contributed by atoms with E-state index in [1.54, 1.807) is 16.7 Å². The average molecular weight is 565 g/mol. The molecule has 10 heteroatoms. The fourth-order valence-corrected chi connectivity index (χ4v) is 7.18. The number of halogens is 2. The van der Waals surface area contributed by atoms with Gasteiger partial charge in [0.15, 0.2) is 0 Å². The van der Waals surface area contributed by atoms with E-state index in [1.807, 2.05) is 25.1 Å². The highest BCUT2D eigenvalue weighted by atomic mass is 32.2. The van der Waals surface area contributed by atoms with Crippen molar-refractivity contribution in [3.05, 3.63) is 29.3 Å². The third kappa shape index (κ3) is 8.97. The van der Waals surface area contributed by atoms with E-state index >= 15 is 0 Å². The highest BCUT2D eigenvalue weighted by Gasteiger charge is 2.40. The summed E-state index contributed by atoms with van der Waals surface area (Å²) in [5, 5.41) is 2.35. The first-order chi connectivity index (χ1) is 18.6. The van der Waals surface area contributed by atoms with E-state index in [4.69, 9.17) is 9.59 Å². The van der Waals surface area contributed by atoms with Gasteiger partial charge in [-0.05, 0) is 54.5 Å². The van der Waals surface area contributed by atoms with E-state index in [2.05, 4.69) is 5.32 Å². The fourth-order valence-electron chi connectivity index (χ4n) is 6.09. The predicted molar refractivity (Wildman–Crippen MR) is 142 cm³/mol. The maximum atomic E-state index is 13.8. The lowest BCUT2D eigenvalue weighted by Gasteiger charge is -2.33. The van der Waals surface area contributed by atoms with Gasteiger partial charge in [-0.25, -0.2) is 8.78 Å². The van der Waals surface area contributed by atoms with Gasteiger partial charge in [-0.3, -0.25) is 19.7 Å². The highest BCUT2D eigenvalue weighted by molar-refractivity contribution is 7.99. The van der Waals surface area contributed by atoms with E-state index < -0.39 is 12.0 Å². The highest BCUT2D eigenvalue weighted by Crippen LogP contribution is 2.41. The average Bonchev–Trinajstić information content (AvgIpc) is 3.19. The third-order valence-corrected chi connectivity index (χ3v) is 8.96. The number of carbonyl (C=O) groups is 3. The Labute approximate surface area is 232 Å². The Kier molecular flexibility index (Phi) is 11.7. The van der Waals surface area contributed by atoms with Gasteiger partial charge in [-0.2, -0.15) is 9.59 Å². The van der Waals surface area contributed by atoms with E-state index in [0.717, 1.165) is 67.6 Å². The summed E-state index contributed by atoms with van der Waals surface area (Å²) in [6, 6.07) is 5.18. The Morgan fingerprint density at radius 2 is 1.74 bits per heavy atom. The zero-order valence-corrected chi connectivity index (χ0v) is 23.3. The monoisotopic (exact) mass is 564 g/mol. The molecule has 2 fully saturated rings. The standard InChI is InChI=1S/C28H38F2N2O3S.CO2/c1-19-15-20(17-28(29,30)16-19)9-6-4-2-3-5-7-14-36-24-11-8-10-21-22(24)18-32(27(21)35)23-12-13-25(33)31-26(23)34;2-1-3/h8,10-11,19-20,23H,2-7,9,12-18H2,1H3,(H,31,33,34);. The van der Waals surface area contributed by atoms with Crippen molar-refractivity contribution in [3.8, 4) is 0 Å². The zero-order chi connectivity index (χ0) is 28.4. The molecule has 0 spiro atoms. The Morgan fingerprint density at radius 3 is 2.44 bits per heavy atom. The topological polar surface area (TPSA) is 101 Å². The lowest BCUT2D eigenvalue weighted by atomic mass is 9.78. The summed E-state index contributed by atoms with van der Waals surface area (Å²) in [4.78, 5) is 55.6. The van der Waals surface area contributed by atoms with Gasteiger partial charge in [0.25, 0.3) is 5.91 Å². The molecule has 4 rings (SSSR count). The summed E-state index contributed by atoms with van der Waals surface area (Å²) < 4.78 is 27.5. The van der Waals surface area contributed by atoms with Gasteiger partial charge in [0, 0.05) is 36.3 Å². The van der Waals surface area contributed by atoms with Gasteiger partial charge in [-0.15, -0.1) is 11.8 Å². The first-order valence-electron chi connectivity index (χ1n) is 13.9. The molecule has 3 amide bonds. The molecule has 3 unspecified atom stereocenters. The molecule has 1 aromatic carbocycles. The molecule has 1 saturated carbocycles. The summed E-state index contributed by atoms with van der Waals surface area (Å²) >= 11 is 1.76. The first kappa shape index (κ1) is 31.0. The molecule has 1 N–H and O–H groups in total. The van der Waals surface area contributed by atoms with Crippen LogP contribution < -0.4 is 5.32 Å². The molecule has 1 aromatic rings. The minimum Gasteiger partial charge on any atom is -0.322 e. The second-order valence-corrected chi connectivity index (χ2v) is 12.1. The predicted octanol–water partition coefficient (Wildman–Crippen LogP) is 5.76. The second-order valence-electron chi connectivity index (χ2n) is 11.0. The largest absolute Gasteiger partial charge is 0.373 e.